The van der Waals surface area contributed by atoms with Crippen molar-refractivity contribution in [3.63, 3.8) is 0 Å². The highest BCUT2D eigenvalue weighted by Gasteiger charge is 2.47. The molecule has 1 rings (SSSR count). The number of carboxylic acids is 1. The van der Waals surface area contributed by atoms with Gasteiger partial charge in [-0.15, -0.1) is 0 Å². The molecule has 0 bridgehead atoms. The largest absolute Gasteiger partial charge is 0.481 e. The van der Waals surface area contributed by atoms with Crippen molar-refractivity contribution < 1.29 is 9.90 Å². The summed E-state index contributed by atoms with van der Waals surface area (Å²) >= 11 is 3.56. The smallest absolute Gasteiger partial charge is 0.312 e. The van der Waals surface area contributed by atoms with Crippen LogP contribution in [-0.4, -0.2) is 15.4 Å². The SMILES string of the molecule is CC(C)(C)C1(Br)C=CC=CC1C(=O)O. The Hall–Kier alpha value is -0.570. The van der Waals surface area contributed by atoms with Crippen LogP contribution in [-0.2, 0) is 4.79 Å². The van der Waals surface area contributed by atoms with Gasteiger partial charge in [-0.2, -0.15) is 0 Å². The maximum atomic E-state index is 11.1. The lowest BCUT2D eigenvalue weighted by molar-refractivity contribution is -0.141. The van der Waals surface area contributed by atoms with Crippen LogP contribution in [0.15, 0.2) is 24.3 Å². The first-order valence-electron chi connectivity index (χ1n) is 4.57. The van der Waals surface area contributed by atoms with Gasteiger partial charge in [-0.05, 0) is 5.41 Å². The van der Waals surface area contributed by atoms with Gasteiger partial charge in [0.1, 0.15) is 0 Å². The first kappa shape index (κ1) is 11.5. The molecule has 0 heterocycles. The Balaban J connectivity index is 3.13. The molecule has 1 aliphatic rings. The monoisotopic (exact) mass is 258 g/mol. The molecule has 1 N–H and O–H groups in total. The summed E-state index contributed by atoms with van der Waals surface area (Å²) in [6, 6.07) is 0. The van der Waals surface area contributed by atoms with Crippen LogP contribution in [0.3, 0.4) is 0 Å². The summed E-state index contributed by atoms with van der Waals surface area (Å²) in [6.07, 6.45) is 7.32. The van der Waals surface area contributed by atoms with Crippen molar-refractivity contribution in [2.24, 2.45) is 11.3 Å². The predicted octanol–water partition coefficient (Wildman–Crippen LogP) is 2.99. The molecule has 0 aliphatic heterocycles. The second kappa shape index (κ2) is 3.54. The number of rotatable bonds is 1. The van der Waals surface area contributed by atoms with Crippen LogP contribution in [0.5, 0.6) is 0 Å². The van der Waals surface area contributed by atoms with E-state index in [0.29, 0.717) is 0 Å². The highest BCUT2D eigenvalue weighted by Crippen LogP contribution is 2.47. The predicted molar refractivity (Wildman–Crippen MR) is 60.5 cm³/mol. The quantitative estimate of drug-likeness (QED) is 0.735. The van der Waals surface area contributed by atoms with Crippen LogP contribution < -0.4 is 0 Å². The second-order valence-corrected chi connectivity index (χ2v) is 5.89. The van der Waals surface area contributed by atoms with Gasteiger partial charge in [-0.3, -0.25) is 4.79 Å². The number of carbonyl (C=O) groups is 1. The molecule has 14 heavy (non-hydrogen) atoms. The van der Waals surface area contributed by atoms with Gasteiger partial charge in [-0.25, -0.2) is 0 Å². The average molecular weight is 259 g/mol. The standard InChI is InChI=1S/C11H15BrO2/c1-10(2,3)11(12)7-5-4-6-8(11)9(13)14/h4-8H,1-3H3,(H,13,14). The van der Waals surface area contributed by atoms with E-state index < -0.39 is 16.2 Å². The topological polar surface area (TPSA) is 37.3 Å². The van der Waals surface area contributed by atoms with Crippen LogP contribution in [0.4, 0.5) is 0 Å². The first-order chi connectivity index (χ1) is 6.29. The molecule has 0 saturated carbocycles. The fourth-order valence-corrected chi connectivity index (χ4v) is 2.09. The molecular formula is C11H15BrO2. The zero-order valence-electron chi connectivity index (χ0n) is 8.62. The summed E-state index contributed by atoms with van der Waals surface area (Å²) < 4.78 is -0.499. The van der Waals surface area contributed by atoms with E-state index in [0.717, 1.165) is 0 Å². The van der Waals surface area contributed by atoms with Crippen molar-refractivity contribution in [2.75, 3.05) is 0 Å². The van der Waals surface area contributed by atoms with Crippen molar-refractivity contribution in [3.05, 3.63) is 24.3 Å². The molecule has 0 saturated heterocycles. The number of hydrogen-bond acceptors (Lipinski definition) is 1. The number of allylic oxidation sites excluding steroid dienone is 3. The fourth-order valence-electron chi connectivity index (χ4n) is 1.59. The molecule has 0 aromatic carbocycles. The summed E-state index contributed by atoms with van der Waals surface area (Å²) in [7, 11) is 0. The van der Waals surface area contributed by atoms with E-state index in [-0.39, 0.29) is 5.41 Å². The minimum absolute atomic E-state index is 0.142. The molecule has 0 spiro atoms. The van der Waals surface area contributed by atoms with E-state index in [2.05, 4.69) is 15.9 Å². The van der Waals surface area contributed by atoms with Crippen LogP contribution >= 0.6 is 15.9 Å². The van der Waals surface area contributed by atoms with Gasteiger partial charge >= 0.3 is 5.97 Å². The van der Waals surface area contributed by atoms with E-state index in [1.54, 1.807) is 12.2 Å². The molecule has 2 nitrogen and oxygen atoms in total. The number of aliphatic carboxylic acids is 1. The number of alkyl halides is 1. The lowest BCUT2D eigenvalue weighted by Gasteiger charge is -2.42. The Bertz CT molecular complexity index is 299. The van der Waals surface area contributed by atoms with Crippen molar-refractivity contribution in [2.45, 2.75) is 25.1 Å². The van der Waals surface area contributed by atoms with E-state index in [4.69, 9.17) is 5.11 Å². The van der Waals surface area contributed by atoms with Gasteiger partial charge in [0.05, 0.1) is 10.2 Å². The lowest BCUT2D eigenvalue weighted by Crippen LogP contribution is -2.45. The van der Waals surface area contributed by atoms with Crippen molar-refractivity contribution in [1.29, 1.82) is 0 Å². The fraction of sp³-hybridized carbons (Fsp3) is 0.545. The third-order valence-electron chi connectivity index (χ3n) is 2.62. The zero-order valence-corrected chi connectivity index (χ0v) is 10.2. The molecule has 0 aromatic rings. The lowest BCUT2D eigenvalue weighted by atomic mass is 9.71. The number of hydrogen-bond donors (Lipinski definition) is 1. The molecule has 78 valence electrons. The second-order valence-electron chi connectivity index (χ2n) is 4.58. The van der Waals surface area contributed by atoms with Crippen LogP contribution in [0.25, 0.3) is 0 Å². The molecule has 0 amide bonds. The summed E-state index contributed by atoms with van der Waals surface area (Å²) in [5, 5.41) is 9.12. The van der Waals surface area contributed by atoms with Crippen molar-refractivity contribution in [3.8, 4) is 0 Å². The van der Waals surface area contributed by atoms with Crippen molar-refractivity contribution in [1.82, 2.24) is 0 Å². The highest BCUT2D eigenvalue weighted by atomic mass is 79.9. The Labute approximate surface area is 92.8 Å². The number of halogens is 1. The van der Waals surface area contributed by atoms with Crippen molar-refractivity contribution >= 4 is 21.9 Å². The summed E-state index contributed by atoms with van der Waals surface area (Å²) in [4.78, 5) is 11.1. The zero-order chi connectivity index (χ0) is 11.0. The molecule has 0 fully saturated rings. The van der Waals surface area contributed by atoms with Gasteiger partial charge in [0.25, 0.3) is 0 Å². The van der Waals surface area contributed by atoms with Gasteiger partial charge in [0, 0.05) is 0 Å². The summed E-state index contributed by atoms with van der Waals surface area (Å²) in [5.74, 6) is -1.30. The van der Waals surface area contributed by atoms with E-state index in [9.17, 15) is 4.79 Å². The maximum absolute atomic E-state index is 11.1. The third kappa shape index (κ3) is 1.78. The first-order valence-corrected chi connectivity index (χ1v) is 5.36. The molecule has 0 radical (unpaired) electrons. The van der Waals surface area contributed by atoms with Gasteiger partial charge in [0.15, 0.2) is 0 Å². The highest BCUT2D eigenvalue weighted by molar-refractivity contribution is 9.10. The van der Waals surface area contributed by atoms with Gasteiger partial charge in [-0.1, -0.05) is 61.0 Å². The minimum atomic E-state index is -0.794. The molecule has 1 aliphatic carbocycles. The Morgan fingerprint density at radius 1 is 1.43 bits per heavy atom. The molecule has 0 aromatic heterocycles. The van der Waals surface area contributed by atoms with E-state index in [1.807, 2.05) is 32.9 Å². The van der Waals surface area contributed by atoms with E-state index in [1.165, 1.54) is 0 Å². The number of carboxylic acid groups (broad SMARTS) is 1. The van der Waals surface area contributed by atoms with Crippen LogP contribution in [0, 0.1) is 11.3 Å². The summed E-state index contributed by atoms with van der Waals surface area (Å²) in [5.41, 5.74) is -0.142. The Kier molecular flexibility index (Phi) is 2.91. The average Bonchev–Trinajstić information content (AvgIpc) is 2.02. The van der Waals surface area contributed by atoms with Crippen LogP contribution in [0.1, 0.15) is 20.8 Å². The normalized spacial score (nSPS) is 31.9. The maximum Gasteiger partial charge on any atom is 0.312 e. The molecule has 3 heteroatoms. The summed E-state index contributed by atoms with van der Waals surface area (Å²) in [6.45, 7) is 6.09. The molecule has 2 unspecified atom stereocenters. The Morgan fingerprint density at radius 3 is 2.36 bits per heavy atom. The molecule has 2 atom stereocenters. The van der Waals surface area contributed by atoms with E-state index >= 15 is 0 Å². The van der Waals surface area contributed by atoms with Crippen LogP contribution in [0.2, 0.25) is 0 Å². The van der Waals surface area contributed by atoms with Gasteiger partial charge in [0.2, 0.25) is 0 Å². The Morgan fingerprint density at radius 2 is 2.00 bits per heavy atom. The minimum Gasteiger partial charge on any atom is -0.481 e. The van der Waals surface area contributed by atoms with Gasteiger partial charge < -0.3 is 5.11 Å². The molecular weight excluding hydrogens is 244 g/mol. The third-order valence-corrected chi connectivity index (χ3v) is 4.57.